The number of esters is 1. The Morgan fingerprint density at radius 2 is 1.78 bits per heavy atom. The van der Waals surface area contributed by atoms with Crippen LogP contribution in [0.1, 0.15) is 12.5 Å². The maximum Gasteiger partial charge on any atom is 0.343 e. The quantitative estimate of drug-likeness (QED) is 0.204. The van der Waals surface area contributed by atoms with Crippen LogP contribution >= 0.6 is 0 Å². The smallest absolute Gasteiger partial charge is 0.343 e. The Hall–Kier alpha value is -3.23. The van der Waals surface area contributed by atoms with E-state index in [1.807, 2.05) is 0 Å². The van der Waals surface area contributed by atoms with E-state index in [9.17, 15) is 31.9 Å². The molecule has 1 N–H and O–H groups in total. The largest absolute Gasteiger partial charge is 0.506 e. The highest BCUT2D eigenvalue weighted by Crippen LogP contribution is 2.24. The van der Waals surface area contributed by atoms with Gasteiger partial charge in [0.15, 0.2) is 23.3 Å². The number of halogens is 5. The molecule has 0 bridgehead atoms. The van der Waals surface area contributed by atoms with E-state index >= 15 is 0 Å². The number of aliphatic hydroxyl groups excluding tert-OH is 1. The zero-order chi connectivity index (χ0) is 20.1. The molecule has 0 aromatic heterocycles. The third-order valence-electron chi connectivity index (χ3n) is 3.28. The SMILES string of the molecule is CCOC(=O)C(C=Nc1ccc(F)cc1F)=C(O)c1ccc(F)c(F)c1F. The number of nitrogens with zero attached hydrogens (tertiary/aromatic N) is 1. The lowest BCUT2D eigenvalue weighted by molar-refractivity contribution is -0.137. The van der Waals surface area contributed by atoms with Crippen LogP contribution in [0.15, 0.2) is 40.9 Å². The fraction of sp³-hybridized carbons (Fsp3) is 0.111. The van der Waals surface area contributed by atoms with Crippen molar-refractivity contribution in [1.29, 1.82) is 0 Å². The molecule has 4 nitrogen and oxygen atoms in total. The van der Waals surface area contributed by atoms with Gasteiger partial charge >= 0.3 is 5.97 Å². The third kappa shape index (κ3) is 4.49. The second kappa shape index (κ2) is 8.43. The first-order valence-electron chi connectivity index (χ1n) is 7.49. The lowest BCUT2D eigenvalue weighted by Gasteiger charge is -2.08. The van der Waals surface area contributed by atoms with E-state index in [1.54, 1.807) is 0 Å². The van der Waals surface area contributed by atoms with Crippen LogP contribution in [-0.2, 0) is 9.53 Å². The number of carbonyl (C=O) groups is 1. The van der Waals surface area contributed by atoms with Gasteiger partial charge < -0.3 is 9.84 Å². The predicted molar refractivity (Wildman–Crippen MR) is 87.0 cm³/mol. The highest BCUT2D eigenvalue weighted by atomic mass is 19.2. The summed E-state index contributed by atoms with van der Waals surface area (Å²) in [6.45, 7) is 1.32. The van der Waals surface area contributed by atoms with Gasteiger partial charge in [0.25, 0.3) is 0 Å². The van der Waals surface area contributed by atoms with Crippen LogP contribution in [-0.4, -0.2) is 23.9 Å². The Labute approximate surface area is 150 Å². The standard InChI is InChI=1S/C18H12F5NO3/c1-2-27-18(26)11(8-24-14-6-3-9(19)7-13(14)21)17(25)10-4-5-12(20)16(23)15(10)22/h3-8,25H,2H2,1H3. The van der Waals surface area contributed by atoms with E-state index in [1.165, 1.54) is 6.92 Å². The van der Waals surface area contributed by atoms with Gasteiger partial charge in [-0.3, -0.25) is 4.99 Å². The number of aliphatic hydroxyl groups is 1. The minimum absolute atomic E-state index is 0.130. The Kier molecular flexibility index (Phi) is 6.27. The van der Waals surface area contributed by atoms with Crippen LogP contribution in [0, 0.1) is 29.1 Å². The Balaban J connectivity index is 2.57. The molecule has 27 heavy (non-hydrogen) atoms. The van der Waals surface area contributed by atoms with Crippen molar-refractivity contribution in [3.05, 3.63) is 70.6 Å². The van der Waals surface area contributed by atoms with Crippen molar-refractivity contribution in [2.24, 2.45) is 4.99 Å². The molecule has 0 heterocycles. The summed E-state index contributed by atoms with van der Waals surface area (Å²) in [6, 6.07) is 3.64. The Morgan fingerprint density at radius 1 is 1.07 bits per heavy atom. The molecule has 0 aliphatic carbocycles. The van der Waals surface area contributed by atoms with Gasteiger partial charge in [-0.2, -0.15) is 0 Å². The van der Waals surface area contributed by atoms with Gasteiger partial charge in [0.05, 0.1) is 17.9 Å². The van der Waals surface area contributed by atoms with Gasteiger partial charge in [0.1, 0.15) is 17.1 Å². The maximum atomic E-state index is 13.9. The molecule has 0 aliphatic heterocycles. The summed E-state index contributed by atoms with van der Waals surface area (Å²) in [5.41, 5.74) is -1.97. The molecule has 0 fully saturated rings. The predicted octanol–water partition coefficient (Wildman–Crippen LogP) is 4.62. The van der Waals surface area contributed by atoms with Gasteiger partial charge in [-0.15, -0.1) is 0 Å². The molecule has 0 radical (unpaired) electrons. The number of carbonyl (C=O) groups excluding carboxylic acids is 1. The molecule has 2 aromatic rings. The van der Waals surface area contributed by atoms with E-state index in [2.05, 4.69) is 9.73 Å². The molecule has 0 aliphatic rings. The van der Waals surface area contributed by atoms with Gasteiger partial charge in [0, 0.05) is 12.3 Å². The molecule has 0 atom stereocenters. The van der Waals surface area contributed by atoms with Gasteiger partial charge in [-0.05, 0) is 31.2 Å². The molecule has 0 unspecified atom stereocenters. The summed E-state index contributed by atoms with van der Waals surface area (Å²) < 4.78 is 71.6. The molecular formula is C18H12F5NO3. The number of rotatable bonds is 5. The molecule has 0 saturated carbocycles. The monoisotopic (exact) mass is 385 g/mol. The van der Waals surface area contributed by atoms with Crippen molar-refractivity contribution >= 4 is 23.6 Å². The van der Waals surface area contributed by atoms with Crippen LogP contribution in [0.25, 0.3) is 5.76 Å². The minimum Gasteiger partial charge on any atom is -0.506 e. The summed E-state index contributed by atoms with van der Waals surface area (Å²) >= 11 is 0. The summed E-state index contributed by atoms with van der Waals surface area (Å²) in [6.07, 6.45) is 0.643. The average Bonchev–Trinajstić information content (AvgIpc) is 2.61. The maximum absolute atomic E-state index is 13.9. The lowest BCUT2D eigenvalue weighted by Crippen LogP contribution is -2.12. The third-order valence-corrected chi connectivity index (χ3v) is 3.28. The molecular weight excluding hydrogens is 373 g/mol. The van der Waals surface area contributed by atoms with Crippen LogP contribution in [0.4, 0.5) is 27.6 Å². The Bertz CT molecular complexity index is 941. The van der Waals surface area contributed by atoms with Crippen molar-refractivity contribution in [2.45, 2.75) is 6.92 Å². The number of hydrogen-bond acceptors (Lipinski definition) is 4. The first-order chi connectivity index (χ1) is 12.8. The molecule has 2 aromatic carbocycles. The molecule has 0 saturated heterocycles. The summed E-state index contributed by atoms with van der Waals surface area (Å²) in [7, 11) is 0. The van der Waals surface area contributed by atoms with E-state index in [-0.39, 0.29) is 6.61 Å². The first kappa shape index (κ1) is 20.1. The number of aliphatic imine (C=N–C) groups is 1. The van der Waals surface area contributed by atoms with Crippen molar-refractivity contribution in [3.63, 3.8) is 0 Å². The van der Waals surface area contributed by atoms with Gasteiger partial charge in [-0.1, -0.05) is 0 Å². The van der Waals surface area contributed by atoms with E-state index in [4.69, 9.17) is 0 Å². The fourth-order valence-corrected chi connectivity index (χ4v) is 1.99. The highest BCUT2D eigenvalue weighted by molar-refractivity contribution is 6.15. The highest BCUT2D eigenvalue weighted by Gasteiger charge is 2.22. The fourth-order valence-electron chi connectivity index (χ4n) is 1.99. The van der Waals surface area contributed by atoms with Crippen molar-refractivity contribution < 1.29 is 36.6 Å². The molecule has 9 heteroatoms. The van der Waals surface area contributed by atoms with Crippen LogP contribution in [0.5, 0.6) is 0 Å². The second-order valence-corrected chi connectivity index (χ2v) is 5.06. The summed E-state index contributed by atoms with van der Waals surface area (Å²) in [4.78, 5) is 15.6. The average molecular weight is 385 g/mol. The lowest BCUT2D eigenvalue weighted by atomic mass is 10.1. The van der Waals surface area contributed by atoms with Gasteiger partial charge in [0.2, 0.25) is 0 Å². The minimum atomic E-state index is -1.86. The molecule has 2 rings (SSSR count). The van der Waals surface area contributed by atoms with Gasteiger partial charge in [-0.25, -0.2) is 26.7 Å². The summed E-state index contributed by atoms with van der Waals surface area (Å²) in [5, 5.41) is 10.2. The van der Waals surface area contributed by atoms with E-state index < -0.39 is 57.6 Å². The molecule has 0 amide bonds. The molecule has 142 valence electrons. The van der Waals surface area contributed by atoms with E-state index in [0.717, 1.165) is 12.1 Å². The molecule has 0 spiro atoms. The number of ether oxygens (including phenoxy) is 1. The van der Waals surface area contributed by atoms with Crippen LogP contribution < -0.4 is 0 Å². The van der Waals surface area contributed by atoms with Crippen molar-refractivity contribution in [2.75, 3.05) is 6.61 Å². The normalized spacial score (nSPS) is 12.2. The zero-order valence-electron chi connectivity index (χ0n) is 13.8. The second-order valence-electron chi connectivity index (χ2n) is 5.06. The van der Waals surface area contributed by atoms with E-state index in [0.29, 0.717) is 24.4 Å². The first-order valence-corrected chi connectivity index (χ1v) is 7.49. The topological polar surface area (TPSA) is 58.9 Å². The van der Waals surface area contributed by atoms with Crippen molar-refractivity contribution in [3.8, 4) is 0 Å². The van der Waals surface area contributed by atoms with Crippen LogP contribution in [0.2, 0.25) is 0 Å². The number of hydrogen-bond donors (Lipinski definition) is 1. The van der Waals surface area contributed by atoms with Crippen LogP contribution in [0.3, 0.4) is 0 Å². The van der Waals surface area contributed by atoms with Crippen molar-refractivity contribution in [1.82, 2.24) is 0 Å². The Morgan fingerprint density at radius 3 is 2.41 bits per heavy atom. The zero-order valence-corrected chi connectivity index (χ0v) is 13.8. The summed E-state index contributed by atoms with van der Waals surface area (Å²) in [5.74, 6) is -9.29. The number of benzene rings is 2.